The van der Waals surface area contributed by atoms with Crippen molar-refractivity contribution < 1.29 is 9.34 Å². The van der Waals surface area contributed by atoms with Gasteiger partial charge in [-0.05, 0) is 31.2 Å². The molecule has 0 unspecified atom stereocenters. The molecule has 0 saturated heterocycles. The second-order valence-electron chi connectivity index (χ2n) is 5.72. The topological polar surface area (TPSA) is 99.9 Å². The van der Waals surface area contributed by atoms with Gasteiger partial charge in [0.2, 0.25) is 11.8 Å². The Hall–Kier alpha value is -3.20. The van der Waals surface area contributed by atoms with E-state index in [4.69, 9.17) is 4.42 Å². The molecular formula is C18H15N5O3S. The summed E-state index contributed by atoms with van der Waals surface area (Å²) in [6.07, 6.45) is 0. The van der Waals surface area contributed by atoms with Crippen LogP contribution >= 0.6 is 11.8 Å². The maximum absolute atomic E-state index is 10.7. The molecule has 136 valence electrons. The van der Waals surface area contributed by atoms with Crippen LogP contribution in [0.15, 0.2) is 58.1 Å². The standard InChI is InChI=1S/C18H15N5O3S/c1-2-22-15-6-4-3-5-14(15)19-18(22)27-11-16-20-21-17(26-16)12-7-9-13(10-8-12)23(24)25/h3-10H,2,11H2,1H3. The largest absolute Gasteiger partial charge is 0.420 e. The molecular weight excluding hydrogens is 366 g/mol. The molecule has 0 atom stereocenters. The number of hydrogen-bond donors (Lipinski definition) is 0. The molecule has 2 aromatic heterocycles. The molecule has 0 aliphatic carbocycles. The van der Waals surface area contributed by atoms with Gasteiger partial charge < -0.3 is 8.98 Å². The van der Waals surface area contributed by atoms with Gasteiger partial charge in [0.05, 0.1) is 21.7 Å². The van der Waals surface area contributed by atoms with E-state index >= 15 is 0 Å². The smallest absolute Gasteiger partial charge is 0.269 e. The third kappa shape index (κ3) is 3.41. The van der Waals surface area contributed by atoms with Crippen molar-refractivity contribution in [2.45, 2.75) is 24.4 Å². The maximum Gasteiger partial charge on any atom is 0.269 e. The number of hydrogen-bond acceptors (Lipinski definition) is 7. The lowest BCUT2D eigenvalue weighted by Crippen LogP contribution is -1.96. The van der Waals surface area contributed by atoms with E-state index in [1.54, 1.807) is 12.1 Å². The second-order valence-corrected chi connectivity index (χ2v) is 6.66. The number of thioether (sulfide) groups is 1. The molecule has 0 amide bonds. The Balaban J connectivity index is 1.51. The highest BCUT2D eigenvalue weighted by Crippen LogP contribution is 2.28. The molecule has 8 nitrogen and oxygen atoms in total. The minimum Gasteiger partial charge on any atom is -0.420 e. The molecule has 0 bridgehead atoms. The predicted octanol–water partition coefficient (Wildman–Crippen LogP) is 4.31. The van der Waals surface area contributed by atoms with Crippen molar-refractivity contribution in [3.63, 3.8) is 0 Å². The van der Waals surface area contributed by atoms with Crippen LogP contribution in [0.4, 0.5) is 5.69 Å². The predicted molar refractivity (Wildman–Crippen MR) is 101 cm³/mol. The van der Waals surface area contributed by atoms with Crippen molar-refractivity contribution in [1.29, 1.82) is 0 Å². The number of aromatic nitrogens is 4. The van der Waals surface area contributed by atoms with Crippen molar-refractivity contribution in [1.82, 2.24) is 19.7 Å². The average molecular weight is 381 g/mol. The third-order valence-corrected chi connectivity index (χ3v) is 5.01. The number of benzene rings is 2. The van der Waals surface area contributed by atoms with Crippen LogP contribution < -0.4 is 0 Å². The molecule has 0 fully saturated rings. The molecule has 0 radical (unpaired) electrons. The van der Waals surface area contributed by atoms with Gasteiger partial charge in [-0.3, -0.25) is 10.1 Å². The van der Waals surface area contributed by atoms with Gasteiger partial charge in [-0.2, -0.15) is 0 Å². The fourth-order valence-corrected chi connectivity index (χ4v) is 3.67. The first-order valence-corrected chi connectivity index (χ1v) is 9.29. The zero-order valence-electron chi connectivity index (χ0n) is 14.4. The highest BCUT2D eigenvalue weighted by Gasteiger charge is 2.14. The third-order valence-electron chi connectivity index (χ3n) is 4.05. The molecule has 0 spiro atoms. The highest BCUT2D eigenvalue weighted by atomic mass is 32.2. The van der Waals surface area contributed by atoms with Crippen LogP contribution in [0.25, 0.3) is 22.5 Å². The van der Waals surface area contributed by atoms with Gasteiger partial charge >= 0.3 is 0 Å². The minimum atomic E-state index is -0.445. The number of nitro groups is 1. The Bertz CT molecular complexity index is 1100. The van der Waals surface area contributed by atoms with Crippen molar-refractivity contribution in [2.24, 2.45) is 0 Å². The first-order chi connectivity index (χ1) is 13.2. The van der Waals surface area contributed by atoms with Gasteiger partial charge in [0.25, 0.3) is 5.69 Å². The van der Waals surface area contributed by atoms with E-state index in [0.29, 0.717) is 23.1 Å². The summed E-state index contributed by atoms with van der Waals surface area (Å²) in [5, 5.41) is 19.7. The molecule has 4 rings (SSSR count). The minimum absolute atomic E-state index is 0.0208. The molecule has 2 heterocycles. The van der Waals surface area contributed by atoms with E-state index < -0.39 is 4.92 Å². The summed E-state index contributed by atoms with van der Waals surface area (Å²) in [6, 6.07) is 14.0. The van der Waals surface area contributed by atoms with E-state index in [1.807, 2.05) is 18.2 Å². The van der Waals surface area contributed by atoms with Crippen molar-refractivity contribution >= 4 is 28.5 Å². The van der Waals surface area contributed by atoms with Crippen LogP contribution in [0, 0.1) is 10.1 Å². The second kappa shape index (κ2) is 7.20. The Morgan fingerprint density at radius 3 is 2.67 bits per heavy atom. The number of imidazole rings is 1. The Morgan fingerprint density at radius 1 is 1.15 bits per heavy atom. The lowest BCUT2D eigenvalue weighted by molar-refractivity contribution is -0.384. The van der Waals surface area contributed by atoms with Crippen LogP contribution in [0.5, 0.6) is 0 Å². The van der Waals surface area contributed by atoms with Crippen molar-refractivity contribution in [3.8, 4) is 11.5 Å². The number of aryl methyl sites for hydroxylation is 1. The highest BCUT2D eigenvalue weighted by molar-refractivity contribution is 7.98. The maximum atomic E-state index is 10.7. The number of non-ortho nitro benzene ring substituents is 1. The lowest BCUT2D eigenvalue weighted by Gasteiger charge is -2.03. The summed E-state index contributed by atoms with van der Waals surface area (Å²) in [6.45, 7) is 2.90. The average Bonchev–Trinajstić information content (AvgIpc) is 3.30. The van der Waals surface area contributed by atoms with Crippen LogP contribution in [0.3, 0.4) is 0 Å². The number of rotatable bonds is 6. The van der Waals surface area contributed by atoms with Crippen LogP contribution in [0.2, 0.25) is 0 Å². The Kier molecular flexibility index (Phi) is 4.59. The van der Waals surface area contributed by atoms with Gasteiger partial charge in [-0.25, -0.2) is 4.98 Å². The summed E-state index contributed by atoms with van der Waals surface area (Å²) in [5.74, 6) is 1.30. The number of para-hydroxylation sites is 2. The quantitative estimate of drug-likeness (QED) is 0.279. The number of nitrogens with zero attached hydrogens (tertiary/aromatic N) is 5. The van der Waals surface area contributed by atoms with E-state index in [1.165, 1.54) is 23.9 Å². The van der Waals surface area contributed by atoms with E-state index in [-0.39, 0.29) is 5.69 Å². The first kappa shape index (κ1) is 17.2. The zero-order chi connectivity index (χ0) is 18.8. The van der Waals surface area contributed by atoms with Crippen molar-refractivity contribution in [2.75, 3.05) is 0 Å². The normalized spacial score (nSPS) is 11.1. The van der Waals surface area contributed by atoms with Crippen LogP contribution in [-0.2, 0) is 12.3 Å². The van der Waals surface area contributed by atoms with Gasteiger partial charge in [0.1, 0.15) is 0 Å². The number of fused-ring (bicyclic) bond motifs is 1. The summed E-state index contributed by atoms with van der Waals surface area (Å²) in [7, 11) is 0. The van der Waals surface area contributed by atoms with Gasteiger partial charge in [-0.15, -0.1) is 10.2 Å². The molecule has 4 aromatic rings. The molecule has 0 saturated carbocycles. The van der Waals surface area contributed by atoms with E-state index in [9.17, 15) is 10.1 Å². The molecule has 27 heavy (non-hydrogen) atoms. The summed E-state index contributed by atoms with van der Waals surface area (Å²) in [4.78, 5) is 15.0. The van der Waals surface area contributed by atoms with E-state index in [0.717, 1.165) is 22.7 Å². The monoisotopic (exact) mass is 381 g/mol. The van der Waals surface area contributed by atoms with Gasteiger partial charge in [-0.1, -0.05) is 23.9 Å². The van der Waals surface area contributed by atoms with Crippen LogP contribution in [-0.4, -0.2) is 24.7 Å². The summed E-state index contributed by atoms with van der Waals surface area (Å²) >= 11 is 1.53. The van der Waals surface area contributed by atoms with Crippen molar-refractivity contribution in [3.05, 3.63) is 64.5 Å². The molecule has 9 heteroatoms. The molecule has 0 N–H and O–H groups in total. The fourth-order valence-electron chi connectivity index (χ4n) is 2.75. The number of nitro benzene ring substituents is 1. The fraction of sp³-hybridized carbons (Fsp3) is 0.167. The zero-order valence-corrected chi connectivity index (χ0v) is 15.2. The van der Waals surface area contributed by atoms with Gasteiger partial charge in [0, 0.05) is 24.2 Å². The Morgan fingerprint density at radius 2 is 1.93 bits per heavy atom. The first-order valence-electron chi connectivity index (χ1n) is 8.31. The summed E-state index contributed by atoms with van der Waals surface area (Å²) < 4.78 is 7.84. The lowest BCUT2D eigenvalue weighted by atomic mass is 10.2. The molecule has 0 aliphatic heterocycles. The van der Waals surface area contributed by atoms with E-state index in [2.05, 4.69) is 32.7 Å². The van der Waals surface area contributed by atoms with Crippen LogP contribution in [0.1, 0.15) is 12.8 Å². The SMILES string of the molecule is CCn1c(SCc2nnc(-c3ccc([N+](=O)[O-])cc3)o2)nc2ccccc21. The molecule has 2 aromatic carbocycles. The van der Waals surface area contributed by atoms with Gasteiger partial charge in [0.15, 0.2) is 5.16 Å². The Labute approximate surface area is 158 Å². The summed E-state index contributed by atoms with van der Waals surface area (Å²) in [5.41, 5.74) is 2.72. The molecule has 0 aliphatic rings.